The first-order chi connectivity index (χ1) is 11.3. The molecule has 5 heteroatoms. The van der Waals surface area contributed by atoms with Crippen LogP contribution in [0.25, 0.3) is 21.1 Å². The van der Waals surface area contributed by atoms with Crippen LogP contribution in [0.4, 0.5) is 5.13 Å². The maximum absolute atomic E-state index is 4.64. The lowest BCUT2D eigenvalue weighted by atomic mass is 10.2. The Balaban J connectivity index is 1.61. The van der Waals surface area contributed by atoms with E-state index >= 15 is 0 Å². The second kappa shape index (κ2) is 5.78. The van der Waals surface area contributed by atoms with Gasteiger partial charge in [-0.1, -0.05) is 47.7 Å². The van der Waals surface area contributed by atoms with Gasteiger partial charge in [0, 0.05) is 5.39 Å². The summed E-state index contributed by atoms with van der Waals surface area (Å²) in [5.41, 5.74) is 6.68. The van der Waals surface area contributed by atoms with Gasteiger partial charge in [0.25, 0.3) is 0 Å². The van der Waals surface area contributed by atoms with Crippen molar-refractivity contribution in [1.29, 1.82) is 0 Å². The fourth-order valence-electron chi connectivity index (χ4n) is 2.38. The Morgan fingerprint density at radius 1 is 0.913 bits per heavy atom. The Morgan fingerprint density at radius 2 is 1.70 bits per heavy atom. The van der Waals surface area contributed by atoms with Gasteiger partial charge in [0.15, 0.2) is 0 Å². The number of hydrogen-bond donors (Lipinski definition) is 1. The van der Waals surface area contributed by atoms with E-state index in [1.54, 1.807) is 11.3 Å². The third kappa shape index (κ3) is 2.78. The van der Waals surface area contributed by atoms with E-state index in [0.29, 0.717) is 0 Å². The number of pyridine rings is 1. The molecule has 0 saturated carbocycles. The zero-order chi connectivity index (χ0) is 15.6. The number of benzene rings is 2. The molecule has 0 fully saturated rings. The van der Waals surface area contributed by atoms with Crippen molar-refractivity contribution in [1.82, 2.24) is 9.97 Å². The highest BCUT2D eigenvalue weighted by Crippen LogP contribution is 2.25. The number of para-hydroxylation sites is 2. The molecule has 0 saturated heterocycles. The summed E-state index contributed by atoms with van der Waals surface area (Å²) in [5, 5.41) is 6.33. The molecule has 2 heterocycles. The van der Waals surface area contributed by atoms with Gasteiger partial charge in [0.05, 0.1) is 27.1 Å². The van der Waals surface area contributed by atoms with Gasteiger partial charge in [-0.3, -0.25) is 5.43 Å². The van der Waals surface area contributed by atoms with Crippen LogP contribution in [0.2, 0.25) is 0 Å². The van der Waals surface area contributed by atoms with Gasteiger partial charge in [0.1, 0.15) is 0 Å². The molecule has 4 nitrogen and oxygen atoms in total. The van der Waals surface area contributed by atoms with Crippen LogP contribution < -0.4 is 5.43 Å². The minimum atomic E-state index is 0.784. The average Bonchev–Trinajstić information content (AvgIpc) is 3.02. The minimum Gasteiger partial charge on any atom is -0.252 e. The van der Waals surface area contributed by atoms with Crippen LogP contribution in [-0.2, 0) is 0 Å². The topological polar surface area (TPSA) is 50.2 Å². The number of nitrogens with zero attached hydrogens (tertiary/aromatic N) is 3. The van der Waals surface area contributed by atoms with Gasteiger partial charge in [-0.15, -0.1) is 0 Å². The minimum absolute atomic E-state index is 0.784. The van der Waals surface area contributed by atoms with E-state index < -0.39 is 0 Å². The van der Waals surface area contributed by atoms with Crippen molar-refractivity contribution in [2.24, 2.45) is 5.10 Å². The summed E-state index contributed by atoms with van der Waals surface area (Å²) >= 11 is 1.59. The van der Waals surface area contributed by atoms with E-state index in [1.807, 2.05) is 49.4 Å². The number of aromatic nitrogens is 2. The number of anilines is 1. The zero-order valence-corrected chi connectivity index (χ0v) is 13.3. The fraction of sp³-hybridized carbons (Fsp3) is 0.0556. The van der Waals surface area contributed by atoms with Crippen molar-refractivity contribution in [3.05, 3.63) is 66.4 Å². The normalized spacial score (nSPS) is 12.0. The third-order valence-electron chi connectivity index (χ3n) is 3.58. The van der Waals surface area contributed by atoms with Gasteiger partial charge in [-0.2, -0.15) is 5.10 Å². The molecule has 112 valence electrons. The number of rotatable bonds is 3. The Bertz CT molecular complexity index is 987. The Labute approximate surface area is 137 Å². The Morgan fingerprint density at radius 3 is 2.57 bits per heavy atom. The van der Waals surface area contributed by atoms with E-state index in [2.05, 4.69) is 38.7 Å². The van der Waals surface area contributed by atoms with Crippen LogP contribution in [0.15, 0.2) is 65.8 Å². The molecule has 2 aromatic heterocycles. The quantitative estimate of drug-likeness (QED) is 0.441. The molecule has 4 aromatic rings. The molecule has 0 radical (unpaired) electrons. The van der Waals surface area contributed by atoms with Crippen LogP contribution in [0.1, 0.15) is 12.6 Å². The second-order valence-electron chi connectivity index (χ2n) is 5.18. The Hall–Kier alpha value is -2.79. The van der Waals surface area contributed by atoms with Gasteiger partial charge in [-0.25, -0.2) is 9.97 Å². The molecule has 2 aromatic carbocycles. The number of fused-ring (bicyclic) bond motifs is 2. The predicted octanol–water partition coefficient (Wildman–Crippen LogP) is 4.68. The predicted molar refractivity (Wildman–Crippen MR) is 97.2 cm³/mol. The lowest BCUT2D eigenvalue weighted by Gasteiger charge is -2.02. The van der Waals surface area contributed by atoms with Crippen molar-refractivity contribution < 1.29 is 0 Å². The second-order valence-corrected chi connectivity index (χ2v) is 6.22. The highest BCUT2D eigenvalue weighted by atomic mass is 32.1. The van der Waals surface area contributed by atoms with Crippen LogP contribution in [0, 0.1) is 0 Å². The van der Waals surface area contributed by atoms with Gasteiger partial charge in [0.2, 0.25) is 5.13 Å². The number of hydrazone groups is 1. The SMILES string of the molecule is C/C(=N\Nc1nc2ccccc2s1)c1ccc2ccccc2n1. The first-order valence-corrected chi connectivity index (χ1v) is 8.13. The molecule has 0 amide bonds. The van der Waals surface area contributed by atoms with Gasteiger partial charge in [-0.05, 0) is 31.2 Å². The summed E-state index contributed by atoms with van der Waals surface area (Å²) in [6, 6.07) is 20.2. The number of thiazole rings is 1. The monoisotopic (exact) mass is 318 g/mol. The van der Waals surface area contributed by atoms with Crippen molar-refractivity contribution in [3.63, 3.8) is 0 Å². The molecule has 0 aliphatic carbocycles. The summed E-state index contributed by atoms with van der Waals surface area (Å²) in [6.45, 7) is 1.94. The van der Waals surface area contributed by atoms with Gasteiger partial charge < -0.3 is 0 Å². The highest BCUT2D eigenvalue weighted by molar-refractivity contribution is 7.22. The van der Waals surface area contributed by atoms with Crippen molar-refractivity contribution in [2.45, 2.75) is 6.92 Å². The first-order valence-electron chi connectivity index (χ1n) is 7.32. The fourth-order valence-corrected chi connectivity index (χ4v) is 3.18. The average molecular weight is 318 g/mol. The standard InChI is InChI=1S/C18H14N4S/c1-12(14-11-10-13-6-2-3-7-15(13)19-14)21-22-18-20-16-8-4-5-9-17(16)23-18/h2-11H,1H3,(H,20,22)/b21-12+. The molecule has 0 unspecified atom stereocenters. The third-order valence-corrected chi connectivity index (χ3v) is 4.52. The molecule has 0 aliphatic heterocycles. The number of nitrogens with one attached hydrogen (secondary N) is 1. The lowest BCUT2D eigenvalue weighted by molar-refractivity contribution is 1.26. The smallest absolute Gasteiger partial charge is 0.204 e. The van der Waals surface area contributed by atoms with E-state index in [4.69, 9.17) is 0 Å². The van der Waals surface area contributed by atoms with Crippen LogP contribution >= 0.6 is 11.3 Å². The summed E-state index contributed by atoms with van der Waals surface area (Å²) in [6.07, 6.45) is 0. The van der Waals surface area contributed by atoms with E-state index in [0.717, 1.165) is 37.7 Å². The molecule has 4 rings (SSSR count). The summed E-state index contributed by atoms with van der Waals surface area (Å²) < 4.78 is 1.15. The molecular weight excluding hydrogens is 304 g/mol. The van der Waals surface area contributed by atoms with Crippen LogP contribution in [-0.4, -0.2) is 15.7 Å². The maximum atomic E-state index is 4.64. The lowest BCUT2D eigenvalue weighted by Crippen LogP contribution is -2.02. The van der Waals surface area contributed by atoms with E-state index in [-0.39, 0.29) is 0 Å². The van der Waals surface area contributed by atoms with Crippen LogP contribution in [0.3, 0.4) is 0 Å². The zero-order valence-electron chi connectivity index (χ0n) is 12.5. The van der Waals surface area contributed by atoms with Crippen LogP contribution in [0.5, 0.6) is 0 Å². The van der Waals surface area contributed by atoms with Gasteiger partial charge >= 0.3 is 0 Å². The summed E-state index contributed by atoms with van der Waals surface area (Å²) in [7, 11) is 0. The molecule has 0 aliphatic rings. The molecule has 1 N–H and O–H groups in total. The molecular formula is C18H14N4S. The summed E-state index contributed by atoms with van der Waals surface area (Å²) in [5.74, 6) is 0. The van der Waals surface area contributed by atoms with E-state index in [1.165, 1.54) is 0 Å². The molecule has 0 atom stereocenters. The highest BCUT2D eigenvalue weighted by Gasteiger charge is 2.04. The largest absolute Gasteiger partial charge is 0.252 e. The van der Waals surface area contributed by atoms with Crippen molar-refractivity contribution >= 4 is 43.3 Å². The first kappa shape index (κ1) is 13.8. The van der Waals surface area contributed by atoms with Crippen molar-refractivity contribution in [2.75, 3.05) is 5.43 Å². The maximum Gasteiger partial charge on any atom is 0.204 e. The Kier molecular flexibility index (Phi) is 3.48. The molecule has 23 heavy (non-hydrogen) atoms. The van der Waals surface area contributed by atoms with E-state index in [9.17, 15) is 0 Å². The van der Waals surface area contributed by atoms with Crippen molar-refractivity contribution in [3.8, 4) is 0 Å². The number of hydrogen-bond acceptors (Lipinski definition) is 5. The molecule has 0 bridgehead atoms. The molecule has 0 spiro atoms. The summed E-state index contributed by atoms with van der Waals surface area (Å²) in [4.78, 5) is 9.15.